The molecule has 4 heterocycles. The number of ether oxygens (including phenoxy) is 4. The largest absolute Gasteiger partial charge is 0.397 e. The molecule has 0 unspecified atom stereocenters. The van der Waals surface area contributed by atoms with Gasteiger partial charge in [-0.2, -0.15) is 97.1 Å². The minimum Gasteiger partial charge on any atom is -0.397 e. The predicted octanol–water partition coefficient (Wildman–Crippen LogP) is 3.19. The second-order valence-electron chi connectivity index (χ2n) is 8.59. The van der Waals surface area contributed by atoms with Crippen molar-refractivity contribution in [1.82, 2.24) is 0 Å². The Morgan fingerprint density at radius 2 is 0.489 bits per heavy atom. The summed E-state index contributed by atoms with van der Waals surface area (Å²) >= 11 is 0. The SMILES string of the molecule is O=C1OC(=O)c2cc[c-]cc21.O=C1OC(=O)c2cc[c-]cc21.O=C1OC(=O)c2cc[c-]cc21.O=C1OC(=O)c2cc[c-]cc21.[Y]. The van der Waals surface area contributed by atoms with Gasteiger partial charge in [-0.15, -0.1) is 0 Å². The second kappa shape index (κ2) is 13.9. The Hall–Kier alpha value is -5.46. The maximum atomic E-state index is 10.8. The summed E-state index contributed by atoms with van der Waals surface area (Å²) < 4.78 is 17.3. The van der Waals surface area contributed by atoms with E-state index in [9.17, 15) is 38.4 Å². The van der Waals surface area contributed by atoms with E-state index in [2.05, 4.69) is 43.2 Å². The van der Waals surface area contributed by atoms with Gasteiger partial charge in [-0.3, -0.25) is 19.2 Å². The molecular formula is C32H12O12Y-4. The molecule has 13 heteroatoms. The molecule has 0 N–H and O–H groups in total. The van der Waals surface area contributed by atoms with Gasteiger partial charge >= 0.3 is 23.9 Å². The van der Waals surface area contributed by atoms with Crippen molar-refractivity contribution in [2.24, 2.45) is 0 Å². The molecule has 12 nitrogen and oxygen atoms in total. The number of hydrogen-bond donors (Lipinski definition) is 0. The van der Waals surface area contributed by atoms with Crippen LogP contribution in [0.4, 0.5) is 0 Å². The first kappa shape index (κ1) is 32.5. The molecule has 0 fully saturated rings. The molecule has 0 atom stereocenters. The fraction of sp³-hybridized carbons (Fsp3) is 0. The van der Waals surface area contributed by atoms with Gasteiger partial charge in [-0.1, -0.05) is 0 Å². The van der Waals surface area contributed by atoms with Crippen LogP contribution in [0.25, 0.3) is 0 Å². The molecule has 4 aromatic rings. The van der Waals surface area contributed by atoms with Crippen LogP contribution in [-0.2, 0) is 51.7 Å². The van der Waals surface area contributed by atoms with E-state index in [0.717, 1.165) is 0 Å². The number of hydrogen-bond acceptors (Lipinski definition) is 12. The van der Waals surface area contributed by atoms with Crippen molar-refractivity contribution in [3.05, 3.63) is 142 Å². The maximum Gasteiger partial charge on any atom is 0.321 e. The minimum absolute atomic E-state index is 0. The number of carbonyl (C=O) groups excluding carboxylic acids is 8. The van der Waals surface area contributed by atoms with Crippen LogP contribution >= 0.6 is 0 Å². The van der Waals surface area contributed by atoms with Gasteiger partial charge in [0, 0.05) is 32.7 Å². The molecule has 0 amide bonds. The molecule has 4 aliphatic heterocycles. The van der Waals surface area contributed by atoms with Gasteiger partial charge in [0.15, 0.2) is 0 Å². The third-order valence-electron chi connectivity index (χ3n) is 5.96. The van der Waals surface area contributed by atoms with Crippen molar-refractivity contribution in [2.45, 2.75) is 0 Å². The average molecular weight is 677 g/mol. The van der Waals surface area contributed by atoms with E-state index >= 15 is 0 Å². The molecule has 0 bridgehead atoms. The van der Waals surface area contributed by atoms with Crippen LogP contribution in [0.1, 0.15) is 82.9 Å². The number of esters is 8. The van der Waals surface area contributed by atoms with Crippen LogP contribution in [0.3, 0.4) is 0 Å². The Bertz CT molecular complexity index is 1520. The van der Waals surface area contributed by atoms with Crippen LogP contribution in [0.2, 0.25) is 0 Å². The van der Waals surface area contributed by atoms with Gasteiger partial charge in [-0.05, 0) is 44.5 Å². The molecule has 0 saturated carbocycles. The minimum atomic E-state index is -0.582. The normalized spacial score (nSPS) is 14.2. The van der Waals surface area contributed by atoms with E-state index in [1.54, 1.807) is 24.3 Å². The first-order valence-corrected chi connectivity index (χ1v) is 12.2. The summed E-state index contributed by atoms with van der Waals surface area (Å²) in [5, 5.41) is 0. The van der Waals surface area contributed by atoms with E-state index in [1.807, 2.05) is 0 Å². The molecule has 219 valence electrons. The summed E-state index contributed by atoms with van der Waals surface area (Å²) in [5.41, 5.74) is 2.52. The monoisotopic (exact) mass is 677 g/mol. The summed E-state index contributed by atoms with van der Waals surface area (Å²) in [6.45, 7) is 0. The van der Waals surface area contributed by atoms with Crippen molar-refractivity contribution in [2.75, 3.05) is 0 Å². The zero-order valence-corrected chi connectivity index (χ0v) is 25.2. The number of rotatable bonds is 0. The summed E-state index contributed by atoms with van der Waals surface area (Å²) in [7, 11) is 0. The van der Waals surface area contributed by atoms with Crippen LogP contribution in [0, 0.1) is 24.3 Å². The molecule has 4 aliphatic rings. The topological polar surface area (TPSA) is 173 Å². The van der Waals surface area contributed by atoms with Gasteiger partial charge in [-0.25, -0.2) is 19.2 Å². The van der Waals surface area contributed by atoms with E-state index < -0.39 is 47.8 Å². The van der Waals surface area contributed by atoms with Crippen LogP contribution < -0.4 is 0 Å². The van der Waals surface area contributed by atoms with Crippen molar-refractivity contribution in [3.8, 4) is 0 Å². The van der Waals surface area contributed by atoms with Gasteiger partial charge in [0.1, 0.15) is 0 Å². The van der Waals surface area contributed by atoms with Gasteiger partial charge in [0.25, 0.3) is 23.9 Å². The third-order valence-corrected chi connectivity index (χ3v) is 5.96. The molecule has 8 rings (SSSR count). The fourth-order valence-corrected chi connectivity index (χ4v) is 3.89. The summed E-state index contributed by atoms with van der Waals surface area (Å²) in [5.74, 6) is -4.61. The van der Waals surface area contributed by atoms with E-state index in [0.29, 0.717) is 44.5 Å². The molecule has 0 saturated heterocycles. The summed E-state index contributed by atoms with van der Waals surface area (Å²) in [6, 6.07) is 28.9. The number of benzene rings is 4. The molecular weight excluding hydrogens is 665 g/mol. The fourth-order valence-electron chi connectivity index (χ4n) is 3.89. The van der Waals surface area contributed by atoms with Crippen molar-refractivity contribution in [1.29, 1.82) is 0 Å². The molecule has 0 aliphatic carbocycles. The second-order valence-corrected chi connectivity index (χ2v) is 8.59. The maximum absolute atomic E-state index is 10.8. The van der Waals surface area contributed by atoms with E-state index in [-0.39, 0.29) is 32.7 Å². The number of carbonyl (C=O) groups is 8. The Morgan fingerprint density at radius 1 is 0.311 bits per heavy atom. The number of cyclic esters (lactones) is 8. The average Bonchev–Trinajstić information content (AvgIpc) is 3.71. The number of fused-ring (bicyclic) bond motifs is 4. The molecule has 0 aromatic heterocycles. The van der Waals surface area contributed by atoms with Crippen molar-refractivity contribution in [3.63, 3.8) is 0 Å². The van der Waals surface area contributed by atoms with Crippen molar-refractivity contribution >= 4 is 47.8 Å². The van der Waals surface area contributed by atoms with Gasteiger partial charge in [0.2, 0.25) is 0 Å². The molecule has 0 spiro atoms. The third kappa shape index (κ3) is 6.87. The quantitative estimate of drug-likeness (QED) is 0.115. The van der Waals surface area contributed by atoms with Crippen LogP contribution in [0.15, 0.2) is 72.8 Å². The Labute approximate surface area is 278 Å². The van der Waals surface area contributed by atoms with Crippen LogP contribution in [0.5, 0.6) is 0 Å². The van der Waals surface area contributed by atoms with Crippen LogP contribution in [-0.4, -0.2) is 47.8 Å². The Morgan fingerprint density at radius 3 is 0.667 bits per heavy atom. The zero-order chi connectivity index (χ0) is 31.4. The van der Waals surface area contributed by atoms with Gasteiger partial charge in [0.05, 0.1) is 0 Å². The molecule has 1 radical (unpaired) electrons. The molecule has 4 aromatic carbocycles. The first-order chi connectivity index (χ1) is 21.2. The predicted molar refractivity (Wildman–Crippen MR) is 140 cm³/mol. The Kier molecular flexibility index (Phi) is 10.0. The summed E-state index contributed by atoms with van der Waals surface area (Å²) in [4.78, 5) is 86.5. The smallest absolute Gasteiger partial charge is 0.321 e. The molecule has 45 heavy (non-hydrogen) atoms. The Balaban J connectivity index is 0.000000136. The zero-order valence-electron chi connectivity index (χ0n) is 22.4. The van der Waals surface area contributed by atoms with E-state index in [1.165, 1.54) is 48.5 Å². The first-order valence-electron chi connectivity index (χ1n) is 12.2. The summed E-state index contributed by atoms with van der Waals surface area (Å²) in [6.07, 6.45) is 0. The van der Waals surface area contributed by atoms with Gasteiger partial charge < -0.3 is 18.9 Å². The van der Waals surface area contributed by atoms with E-state index in [4.69, 9.17) is 0 Å². The standard InChI is InChI=1S/4C8H3O3.Y/c4*9-7-5-3-1-2-4-6(5)8(10)11-7;/h4*1,3-4H;/q4*-1;. The van der Waals surface area contributed by atoms with Crippen molar-refractivity contribution < 1.29 is 90.0 Å².